The summed E-state index contributed by atoms with van der Waals surface area (Å²) < 4.78 is 0. The fraction of sp³-hybridized carbons (Fsp3) is 0.600. The lowest BCUT2D eigenvalue weighted by Crippen LogP contribution is -1.65. The van der Waals surface area contributed by atoms with Gasteiger partial charge in [0.2, 0.25) is 0 Å². The van der Waals surface area contributed by atoms with Gasteiger partial charge in [0.15, 0.2) is 0 Å². The molecule has 0 aliphatic heterocycles. The molecule has 0 nitrogen and oxygen atoms in total. The lowest BCUT2D eigenvalue weighted by molar-refractivity contribution is 1.25. The van der Waals surface area contributed by atoms with Crippen LogP contribution < -0.4 is 0 Å². The van der Waals surface area contributed by atoms with Crippen LogP contribution in [0.25, 0.3) is 0 Å². The van der Waals surface area contributed by atoms with Gasteiger partial charge in [-0.2, -0.15) is 0 Å². The summed E-state index contributed by atoms with van der Waals surface area (Å²) in [5.41, 5.74) is 0. The van der Waals surface area contributed by atoms with Gasteiger partial charge in [0, 0.05) is 10.7 Å². The first-order valence-electron chi connectivity index (χ1n) is 2.18. The molecule has 0 atom stereocenters. The van der Waals surface area contributed by atoms with Gasteiger partial charge in [-0.1, -0.05) is 44.0 Å². The Hall–Kier alpha value is 0.700. The number of alkyl halides is 2. The Morgan fingerprint density at radius 1 is 1.14 bits per heavy atom. The second-order valence-corrected chi connectivity index (χ2v) is 2.54. The molecule has 0 rings (SSSR count). The van der Waals surface area contributed by atoms with Gasteiger partial charge in [-0.25, -0.2) is 0 Å². The lowest BCUT2D eigenvalue weighted by Gasteiger charge is -1.77. The zero-order chi connectivity index (χ0) is 5.54. The minimum atomic E-state index is 0.972. The third-order valence-electron chi connectivity index (χ3n) is 0.532. The molecule has 0 heterocycles. The predicted molar refractivity (Wildman–Crippen MR) is 41.3 cm³/mol. The Bertz CT molecular complexity index is 50.0. The summed E-state index contributed by atoms with van der Waals surface area (Å²) in [5.74, 6) is 0. The quantitative estimate of drug-likeness (QED) is 0.514. The van der Waals surface area contributed by atoms with E-state index < -0.39 is 0 Å². The summed E-state index contributed by atoms with van der Waals surface area (Å²) in [7, 11) is 0. The van der Waals surface area contributed by atoms with Crippen LogP contribution >= 0.6 is 31.9 Å². The molecular formula is C5H8Br2. The predicted octanol–water partition coefficient (Wildman–Crippen LogP) is 2.72. The zero-order valence-corrected chi connectivity index (χ0v) is 7.20. The molecule has 42 valence electrons. The molecular weight excluding hydrogens is 220 g/mol. The van der Waals surface area contributed by atoms with Gasteiger partial charge in [0.25, 0.3) is 0 Å². The topological polar surface area (TPSA) is 0 Å². The van der Waals surface area contributed by atoms with Crippen LogP contribution in [0, 0.1) is 0 Å². The monoisotopic (exact) mass is 226 g/mol. The molecule has 0 aromatic heterocycles. The van der Waals surface area contributed by atoms with E-state index in [2.05, 4.69) is 44.0 Å². The first kappa shape index (κ1) is 7.70. The van der Waals surface area contributed by atoms with Crippen molar-refractivity contribution < 1.29 is 0 Å². The molecule has 0 saturated carbocycles. The van der Waals surface area contributed by atoms with Gasteiger partial charge in [-0.3, -0.25) is 0 Å². The van der Waals surface area contributed by atoms with Crippen molar-refractivity contribution in [2.45, 2.75) is 6.42 Å². The third-order valence-corrected chi connectivity index (χ3v) is 1.36. The molecule has 0 aliphatic carbocycles. The number of allylic oxidation sites excluding steroid dienone is 2. The van der Waals surface area contributed by atoms with Crippen molar-refractivity contribution in [1.82, 2.24) is 0 Å². The molecule has 0 spiro atoms. The van der Waals surface area contributed by atoms with E-state index in [1.807, 2.05) is 0 Å². The van der Waals surface area contributed by atoms with Crippen LogP contribution in [0.2, 0.25) is 0 Å². The number of halogens is 2. The maximum atomic E-state index is 3.31. The van der Waals surface area contributed by atoms with Crippen molar-refractivity contribution >= 4 is 31.9 Å². The highest BCUT2D eigenvalue weighted by atomic mass is 79.9. The first-order valence-corrected chi connectivity index (χ1v) is 4.43. The van der Waals surface area contributed by atoms with Crippen LogP contribution in [0.15, 0.2) is 12.2 Å². The van der Waals surface area contributed by atoms with Gasteiger partial charge in [0.1, 0.15) is 0 Å². The van der Waals surface area contributed by atoms with Crippen molar-refractivity contribution in [2.75, 3.05) is 10.7 Å². The van der Waals surface area contributed by atoms with Gasteiger partial charge < -0.3 is 0 Å². The molecule has 0 fully saturated rings. The van der Waals surface area contributed by atoms with Crippen LogP contribution in [-0.2, 0) is 0 Å². The summed E-state index contributed by atoms with van der Waals surface area (Å²) in [6, 6.07) is 0. The SMILES string of the molecule is BrC/C=C/CCBr. The van der Waals surface area contributed by atoms with E-state index in [4.69, 9.17) is 0 Å². The maximum absolute atomic E-state index is 3.31. The molecule has 0 N–H and O–H groups in total. The minimum Gasteiger partial charge on any atom is -0.0925 e. The Balaban J connectivity index is 2.78. The van der Waals surface area contributed by atoms with Crippen molar-refractivity contribution in [3.05, 3.63) is 12.2 Å². The van der Waals surface area contributed by atoms with Crippen molar-refractivity contribution in [3.63, 3.8) is 0 Å². The maximum Gasteiger partial charge on any atom is 0.0212 e. The molecule has 0 unspecified atom stereocenters. The van der Waals surface area contributed by atoms with Crippen LogP contribution in [0.5, 0.6) is 0 Å². The molecule has 0 aromatic carbocycles. The molecule has 0 radical (unpaired) electrons. The van der Waals surface area contributed by atoms with Crippen molar-refractivity contribution in [3.8, 4) is 0 Å². The van der Waals surface area contributed by atoms with E-state index in [0.29, 0.717) is 0 Å². The number of hydrogen-bond donors (Lipinski definition) is 0. The standard InChI is InChI=1S/C5H8Br2/c6-4-2-1-3-5-7/h1-2H,3-5H2/b2-1+. The van der Waals surface area contributed by atoms with Crippen LogP contribution in [0.1, 0.15) is 6.42 Å². The third kappa shape index (κ3) is 6.70. The molecule has 0 aromatic rings. The van der Waals surface area contributed by atoms with Gasteiger partial charge in [-0.15, -0.1) is 0 Å². The number of rotatable bonds is 3. The van der Waals surface area contributed by atoms with E-state index in [-0.39, 0.29) is 0 Å². The Kier molecular flexibility index (Phi) is 7.37. The molecule has 0 bridgehead atoms. The second-order valence-electron chi connectivity index (χ2n) is 1.10. The van der Waals surface area contributed by atoms with E-state index in [0.717, 1.165) is 17.1 Å². The van der Waals surface area contributed by atoms with Crippen molar-refractivity contribution in [1.29, 1.82) is 0 Å². The van der Waals surface area contributed by atoms with Gasteiger partial charge in [-0.05, 0) is 6.42 Å². The van der Waals surface area contributed by atoms with Gasteiger partial charge in [0.05, 0.1) is 0 Å². The summed E-state index contributed by atoms with van der Waals surface area (Å²) in [5, 5.41) is 2.04. The molecule has 7 heavy (non-hydrogen) atoms. The molecule has 0 saturated heterocycles. The first-order chi connectivity index (χ1) is 3.41. The highest BCUT2D eigenvalue weighted by Crippen LogP contribution is 1.89. The summed E-state index contributed by atoms with van der Waals surface area (Å²) in [6.45, 7) is 0. The Labute approximate surface area is 61.2 Å². The number of hydrogen-bond acceptors (Lipinski definition) is 0. The second kappa shape index (κ2) is 6.70. The van der Waals surface area contributed by atoms with Crippen LogP contribution in [0.3, 0.4) is 0 Å². The summed E-state index contributed by atoms with van der Waals surface area (Å²) in [4.78, 5) is 0. The van der Waals surface area contributed by atoms with Crippen LogP contribution in [0.4, 0.5) is 0 Å². The van der Waals surface area contributed by atoms with E-state index in [1.54, 1.807) is 0 Å². The fourth-order valence-corrected chi connectivity index (χ4v) is 0.773. The van der Waals surface area contributed by atoms with E-state index in [1.165, 1.54) is 0 Å². The fourth-order valence-electron chi connectivity index (χ4n) is 0.244. The van der Waals surface area contributed by atoms with Crippen LogP contribution in [-0.4, -0.2) is 10.7 Å². The average Bonchev–Trinajstić information content (AvgIpc) is 1.69. The molecule has 0 amide bonds. The minimum absolute atomic E-state index is 0.972. The summed E-state index contributed by atoms with van der Waals surface area (Å²) in [6.07, 6.45) is 5.37. The zero-order valence-electron chi connectivity index (χ0n) is 4.03. The lowest BCUT2D eigenvalue weighted by atomic mass is 10.4. The molecule has 0 aliphatic rings. The highest BCUT2D eigenvalue weighted by Gasteiger charge is 1.70. The van der Waals surface area contributed by atoms with Crippen molar-refractivity contribution in [2.24, 2.45) is 0 Å². The normalized spacial score (nSPS) is 10.6. The summed E-state index contributed by atoms with van der Waals surface area (Å²) >= 11 is 6.59. The Morgan fingerprint density at radius 2 is 1.86 bits per heavy atom. The highest BCUT2D eigenvalue weighted by molar-refractivity contribution is 9.09. The largest absolute Gasteiger partial charge is 0.0925 e. The molecule has 2 heteroatoms. The Morgan fingerprint density at radius 3 is 2.29 bits per heavy atom. The average molecular weight is 228 g/mol. The van der Waals surface area contributed by atoms with E-state index >= 15 is 0 Å². The smallest absolute Gasteiger partial charge is 0.0212 e. The van der Waals surface area contributed by atoms with Gasteiger partial charge >= 0.3 is 0 Å². The van der Waals surface area contributed by atoms with E-state index in [9.17, 15) is 0 Å².